The topological polar surface area (TPSA) is 88.4 Å². The van der Waals surface area contributed by atoms with E-state index in [1.54, 1.807) is 22.9 Å². The maximum Gasteiger partial charge on any atom is 0.338 e. The Kier molecular flexibility index (Phi) is 4.70. The van der Waals surface area contributed by atoms with Crippen LogP contribution in [0, 0.1) is 0 Å². The molecule has 0 radical (unpaired) electrons. The fraction of sp³-hybridized carbons (Fsp3) is 0.467. The normalized spacial score (nSPS) is 12.9. The van der Waals surface area contributed by atoms with E-state index in [-0.39, 0.29) is 6.61 Å². The summed E-state index contributed by atoms with van der Waals surface area (Å²) in [6.45, 7) is 3.81. The molecule has 0 atom stereocenters. The van der Waals surface area contributed by atoms with E-state index >= 15 is 0 Å². The highest BCUT2D eigenvalue weighted by atomic mass is 16.6. The predicted molar refractivity (Wildman–Crippen MR) is 79.3 cm³/mol. The molecule has 0 amide bonds. The molecule has 1 aliphatic rings. The van der Waals surface area contributed by atoms with Crippen molar-refractivity contribution in [3.8, 4) is 11.5 Å². The van der Waals surface area contributed by atoms with Crippen LogP contribution in [0.3, 0.4) is 0 Å². The number of benzene rings is 1. The van der Waals surface area contributed by atoms with E-state index in [2.05, 4.69) is 22.4 Å². The Morgan fingerprint density at radius 1 is 1.30 bits per heavy atom. The summed E-state index contributed by atoms with van der Waals surface area (Å²) >= 11 is 0. The van der Waals surface area contributed by atoms with Crippen LogP contribution in [0.15, 0.2) is 18.2 Å². The Morgan fingerprint density at radius 2 is 2.13 bits per heavy atom. The second-order valence-corrected chi connectivity index (χ2v) is 5.11. The third kappa shape index (κ3) is 3.58. The number of aryl methyl sites for hydroxylation is 1. The van der Waals surface area contributed by atoms with Gasteiger partial charge in [0.05, 0.1) is 5.56 Å². The molecule has 122 valence electrons. The zero-order valence-corrected chi connectivity index (χ0v) is 12.9. The largest absolute Gasteiger partial charge is 0.486 e. The second kappa shape index (κ2) is 7.08. The van der Waals surface area contributed by atoms with Crippen molar-refractivity contribution in [1.82, 2.24) is 20.2 Å². The minimum absolute atomic E-state index is 0.0317. The SMILES string of the molecule is CCCCn1nnnc1COC(=O)c1ccc2c(c1)OCCO2. The van der Waals surface area contributed by atoms with E-state index in [1.807, 2.05) is 0 Å². The molecule has 0 saturated heterocycles. The van der Waals surface area contributed by atoms with Gasteiger partial charge in [0.25, 0.3) is 0 Å². The van der Waals surface area contributed by atoms with Gasteiger partial charge in [-0.3, -0.25) is 0 Å². The molecule has 2 aromatic rings. The number of hydrogen-bond acceptors (Lipinski definition) is 7. The first-order valence-electron chi connectivity index (χ1n) is 7.59. The lowest BCUT2D eigenvalue weighted by Gasteiger charge is -2.18. The summed E-state index contributed by atoms with van der Waals surface area (Å²) in [6, 6.07) is 4.98. The van der Waals surface area contributed by atoms with Crippen molar-refractivity contribution in [2.75, 3.05) is 13.2 Å². The van der Waals surface area contributed by atoms with Crippen LogP contribution in [-0.4, -0.2) is 39.4 Å². The van der Waals surface area contributed by atoms with Crippen molar-refractivity contribution >= 4 is 5.97 Å². The van der Waals surface area contributed by atoms with E-state index in [9.17, 15) is 4.79 Å². The number of unbranched alkanes of at least 4 members (excludes halogenated alkanes) is 1. The summed E-state index contributed by atoms with van der Waals surface area (Å²) in [5, 5.41) is 11.4. The van der Waals surface area contributed by atoms with Crippen LogP contribution in [0.4, 0.5) is 0 Å². The number of carbonyl (C=O) groups is 1. The van der Waals surface area contributed by atoms with E-state index in [0.29, 0.717) is 42.6 Å². The molecule has 1 aromatic heterocycles. The van der Waals surface area contributed by atoms with Gasteiger partial charge >= 0.3 is 5.97 Å². The molecular formula is C15H18N4O4. The Morgan fingerprint density at radius 3 is 2.96 bits per heavy atom. The van der Waals surface area contributed by atoms with Gasteiger partial charge in [0.2, 0.25) is 0 Å². The van der Waals surface area contributed by atoms with Crippen molar-refractivity contribution in [1.29, 1.82) is 0 Å². The van der Waals surface area contributed by atoms with Gasteiger partial charge < -0.3 is 14.2 Å². The van der Waals surface area contributed by atoms with Crippen LogP contribution in [-0.2, 0) is 17.9 Å². The van der Waals surface area contributed by atoms with Crippen molar-refractivity contribution in [3.05, 3.63) is 29.6 Å². The molecule has 8 nitrogen and oxygen atoms in total. The fourth-order valence-electron chi connectivity index (χ4n) is 2.19. The second-order valence-electron chi connectivity index (χ2n) is 5.11. The van der Waals surface area contributed by atoms with Crippen LogP contribution in [0.2, 0.25) is 0 Å². The standard InChI is InChI=1S/C15H18N4O4/c1-2-3-6-19-14(16-17-18-19)10-23-15(20)11-4-5-12-13(9-11)22-8-7-21-12/h4-5,9H,2-3,6-8,10H2,1H3. The van der Waals surface area contributed by atoms with Gasteiger partial charge in [0.1, 0.15) is 13.2 Å². The van der Waals surface area contributed by atoms with Gasteiger partial charge in [0, 0.05) is 6.54 Å². The molecule has 0 fully saturated rings. The smallest absolute Gasteiger partial charge is 0.338 e. The minimum Gasteiger partial charge on any atom is -0.486 e. The molecule has 0 unspecified atom stereocenters. The Hall–Kier alpha value is -2.64. The highest BCUT2D eigenvalue weighted by molar-refractivity contribution is 5.90. The number of ether oxygens (including phenoxy) is 3. The molecule has 0 N–H and O–H groups in total. The third-order valence-corrected chi connectivity index (χ3v) is 3.44. The summed E-state index contributed by atoms with van der Waals surface area (Å²) < 4.78 is 17.8. The summed E-state index contributed by atoms with van der Waals surface area (Å²) in [5.74, 6) is 1.27. The van der Waals surface area contributed by atoms with Crippen LogP contribution in [0.25, 0.3) is 0 Å². The van der Waals surface area contributed by atoms with Gasteiger partial charge in [-0.05, 0) is 35.0 Å². The van der Waals surface area contributed by atoms with Crippen LogP contribution in [0.5, 0.6) is 11.5 Å². The van der Waals surface area contributed by atoms with E-state index in [1.165, 1.54) is 0 Å². The maximum atomic E-state index is 12.2. The lowest BCUT2D eigenvalue weighted by atomic mass is 10.2. The molecular weight excluding hydrogens is 300 g/mol. The monoisotopic (exact) mass is 318 g/mol. The summed E-state index contributed by atoms with van der Waals surface area (Å²) in [5.41, 5.74) is 0.404. The average Bonchev–Trinajstić information content (AvgIpc) is 3.04. The van der Waals surface area contributed by atoms with E-state index < -0.39 is 5.97 Å². The van der Waals surface area contributed by atoms with Crippen molar-refractivity contribution < 1.29 is 19.0 Å². The van der Waals surface area contributed by atoms with Crippen molar-refractivity contribution in [3.63, 3.8) is 0 Å². The molecule has 1 aromatic carbocycles. The minimum atomic E-state index is -0.452. The van der Waals surface area contributed by atoms with E-state index in [0.717, 1.165) is 12.8 Å². The quantitative estimate of drug-likeness (QED) is 0.747. The number of fused-ring (bicyclic) bond motifs is 1. The van der Waals surface area contributed by atoms with E-state index in [4.69, 9.17) is 14.2 Å². The van der Waals surface area contributed by atoms with Gasteiger partial charge in [-0.15, -0.1) is 5.10 Å². The Bertz CT molecular complexity index is 686. The molecule has 8 heteroatoms. The highest BCUT2D eigenvalue weighted by Gasteiger charge is 2.16. The Balaban J connectivity index is 1.62. The molecule has 1 aliphatic heterocycles. The first-order chi connectivity index (χ1) is 11.3. The molecule has 0 spiro atoms. The van der Waals surface area contributed by atoms with Crippen molar-refractivity contribution in [2.24, 2.45) is 0 Å². The fourth-order valence-corrected chi connectivity index (χ4v) is 2.19. The summed E-state index contributed by atoms with van der Waals surface area (Å²) in [6.07, 6.45) is 2.00. The van der Waals surface area contributed by atoms with Crippen LogP contribution >= 0.6 is 0 Å². The van der Waals surface area contributed by atoms with Crippen molar-refractivity contribution in [2.45, 2.75) is 32.9 Å². The molecule has 2 heterocycles. The zero-order valence-electron chi connectivity index (χ0n) is 12.9. The predicted octanol–water partition coefficient (Wildman–Crippen LogP) is 1.60. The molecule has 0 aliphatic carbocycles. The first kappa shape index (κ1) is 15.3. The van der Waals surface area contributed by atoms with Gasteiger partial charge in [0.15, 0.2) is 23.9 Å². The maximum absolute atomic E-state index is 12.2. The highest BCUT2D eigenvalue weighted by Crippen LogP contribution is 2.30. The average molecular weight is 318 g/mol. The zero-order chi connectivity index (χ0) is 16.1. The number of nitrogens with zero attached hydrogens (tertiary/aromatic N) is 4. The van der Waals surface area contributed by atoms with Gasteiger partial charge in [-0.1, -0.05) is 13.3 Å². The number of esters is 1. The van der Waals surface area contributed by atoms with Crippen LogP contribution in [0.1, 0.15) is 35.9 Å². The number of carbonyl (C=O) groups excluding carboxylic acids is 1. The molecule has 23 heavy (non-hydrogen) atoms. The summed E-state index contributed by atoms with van der Waals surface area (Å²) in [7, 11) is 0. The number of aromatic nitrogens is 4. The molecule has 0 saturated carbocycles. The third-order valence-electron chi connectivity index (χ3n) is 3.44. The summed E-state index contributed by atoms with van der Waals surface area (Å²) in [4.78, 5) is 12.2. The number of rotatable bonds is 6. The van der Waals surface area contributed by atoms with Crippen LogP contribution < -0.4 is 9.47 Å². The molecule has 0 bridgehead atoms. The van der Waals surface area contributed by atoms with Gasteiger partial charge in [-0.2, -0.15) is 0 Å². The molecule has 3 rings (SSSR count). The lowest BCUT2D eigenvalue weighted by Crippen LogP contribution is -2.16. The lowest BCUT2D eigenvalue weighted by molar-refractivity contribution is 0.0455. The number of tetrazole rings is 1. The Labute approximate surface area is 133 Å². The van der Waals surface area contributed by atoms with Gasteiger partial charge in [-0.25, -0.2) is 9.48 Å². The first-order valence-corrected chi connectivity index (χ1v) is 7.59. The number of hydrogen-bond donors (Lipinski definition) is 0.